The summed E-state index contributed by atoms with van der Waals surface area (Å²) in [7, 11) is 0. The Balaban J connectivity index is 1.71. The number of rotatable bonds is 6. The summed E-state index contributed by atoms with van der Waals surface area (Å²) in [4.78, 5) is 26.1. The van der Waals surface area contributed by atoms with Crippen LogP contribution in [0.4, 0.5) is 11.5 Å². The molecular weight excluding hydrogens is 316 g/mol. The molecule has 0 aliphatic carbocycles. The molecule has 1 aliphatic rings. The third kappa shape index (κ3) is 3.73. The normalized spacial score (nSPS) is 14.2. The zero-order valence-electron chi connectivity index (χ0n) is 14.8. The first-order valence-electron chi connectivity index (χ1n) is 8.84. The molecule has 0 saturated carbocycles. The zero-order chi connectivity index (χ0) is 17.8. The lowest BCUT2D eigenvalue weighted by Crippen LogP contribution is -2.23. The lowest BCUT2D eigenvalue weighted by Gasteiger charge is -2.16. The highest BCUT2D eigenvalue weighted by molar-refractivity contribution is 6.04. The van der Waals surface area contributed by atoms with Gasteiger partial charge in [-0.2, -0.15) is 5.10 Å². The highest BCUT2D eigenvalue weighted by atomic mass is 16.2. The van der Waals surface area contributed by atoms with Gasteiger partial charge in [-0.15, -0.1) is 0 Å². The second kappa shape index (κ2) is 7.51. The number of hydrogen-bond acceptors (Lipinski definition) is 3. The van der Waals surface area contributed by atoms with Crippen molar-refractivity contribution in [1.82, 2.24) is 9.78 Å². The van der Waals surface area contributed by atoms with Crippen LogP contribution in [0, 0.1) is 6.92 Å². The van der Waals surface area contributed by atoms with E-state index < -0.39 is 0 Å². The summed E-state index contributed by atoms with van der Waals surface area (Å²) >= 11 is 0. The maximum atomic E-state index is 12.6. The standard InChI is InChI=1S/C19H24N4O2/c1-3-4-12-23-18(14(2)13-20-23)21-19(25)15-7-9-16(10-8-15)22-11-5-6-17(22)24/h7-10,13H,3-6,11-12H2,1-2H3,(H,21,25). The highest BCUT2D eigenvalue weighted by Crippen LogP contribution is 2.22. The molecule has 0 bridgehead atoms. The second-order valence-electron chi connectivity index (χ2n) is 6.40. The van der Waals surface area contributed by atoms with Gasteiger partial charge in [0.15, 0.2) is 0 Å². The number of benzene rings is 1. The van der Waals surface area contributed by atoms with E-state index in [-0.39, 0.29) is 11.8 Å². The monoisotopic (exact) mass is 340 g/mol. The molecule has 1 fully saturated rings. The summed E-state index contributed by atoms with van der Waals surface area (Å²) in [6.07, 6.45) is 5.35. The molecule has 2 amide bonds. The van der Waals surface area contributed by atoms with Crippen LogP contribution >= 0.6 is 0 Å². The number of anilines is 2. The number of carbonyl (C=O) groups excluding carboxylic acids is 2. The summed E-state index contributed by atoms with van der Waals surface area (Å²) in [5, 5.41) is 7.30. The molecule has 2 aromatic rings. The van der Waals surface area contributed by atoms with Gasteiger partial charge in [0.2, 0.25) is 5.91 Å². The van der Waals surface area contributed by atoms with Crippen LogP contribution in [0.15, 0.2) is 30.5 Å². The van der Waals surface area contributed by atoms with Crippen LogP contribution < -0.4 is 10.2 Å². The van der Waals surface area contributed by atoms with Gasteiger partial charge >= 0.3 is 0 Å². The molecule has 1 aromatic heterocycles. The molecule has 0 spiro atoms. The molecule has 132 valence electrons. The third-order valence-corrected chi connectivity index (χ3v) is 4.49. The maximum Gasteiger partial charge on any atom is 0.256 e. The first-order valence-corrected chi connectivity index (χ1v) is 8.84. The lowest BCUT2D eigenvalue weighted by molar-refractivity contribution is -0.117. The molecule has 0 unspecified atom stereocenters. The summed E-state index contributed by atoms with van der Waals surface area (Å²) in [5.41, 5.74) is 2.37. The fraction of sp³-hybridized carbons (Fsp3) is 0.421. The van der Waals surface area contributed by atoms with Gasteiger partial charge in [-0.3, -0.25) is 9.59 Å². The van der Waals surface area contributed by atoms with Crippen LogP contribution in [0.2, 0.25) is 0 Å². The lowest BCUT2D eigenvalue weighted by atomic mass is 10.2. The van der Waals surface area contributed by atoms with Crippen LogP contribution in [-0.4, -0.2) is 28.1 Å². The zero-order valence-corrected chi connectivity index (χ0v) is 14.8. The molecular formula is C19H24N4O2. The van der Waals surface area contributed by atoms with Gasteiger partial charge in [0.1, 0.15) is 5.82 Å². The predicted molar refractivity (Wildman–Crippen MR) is 97.9 cm³/mol. The van der Waals surface area contributed by atoms with Crippen LogP contribution in [0.1, 0.15) is 48.5 Å². The largest absolute Gasteiger partial charge is 0.312 e. The Labute approximate surface area is 147 Å². The SMILES string of the molecule is CCCCn1ncc(C)c1NC(=O)c1ccc(N2CCCC2=O)cc1. The van der Waals surface area contributed by atoms with E-state index in [0.717, 1.165) is 49.4 Å². The molecule has 3 rings (SSSR count). The molecule has 1 aromatic carbocycles. The van der Waals surface area contributed by atoms with Gasteiger partial charge in [-0.25, -0.2) is 4.68 Å². The number of hydrogen-bond donors (Lipinski definition) is 1. The maximum absolute atomic E-state index is 12.6. The summed E-state index contributed by atoms with van der Waals surface area (Å²) < 4.78 is 1.84. The Kier molecular flexibility index (Phi) is 5.16. The Bertz CT molecular complexity index is 764. The molecule has 2 heterocycles. The van der Waals surface area contributed by atoms with E-state index in [1.807, 2.05) is 23.7 Å². The predicted octanol–water partition coefficient (Wildman–Crippen LogP) is 3.37. The Morgan fingerprint density at radius 1 is 1.28 bits per heavy atom. The third-order valence-electron chi connectivity index (χ3n) is 4.49. The van der Waals surface area contributed by atoms with Gasteiger partial charge in [0, 0.05) is 36.3 Å². The molecule has 6 heteroatoms. The van der Waals surface area contributed by atoms with Gasteiger partial charge in [-0.1, -0.05) is 13.3 Å². The summed E-state index contributed by atoms with van der Waals surface area (Å²) in [6.45, 7) is 5.60. The van der Waals surface area contributed by atoms with Crippen molar-refractivity contribution in [3.8, 4) is 0 Å². The number of aryl methyl sites for hydroxylation is 2. The number of nitrogens with zero attached hydrogens (tertiary/aromatic N) is 3. The summed E-state index contributed by atoms with van der Waals surface area (Å²) in [5.74, 6) is 0.727. The number of amides is 2. The second-order valence-corrected chi connectivity index (χ2v) is 6.40. The van der Waals surface area contributed by atoms with Crippen LogP contribution in [-0.2, 0) is 11.3 Å². The minimum atomic E-state index is -0.166. The number of nitrogens with one attached hydrogen (secondary N) is 1. The van der Waals surface area contributed by atoms with Crippen LogP contribution in [0.3, 0.4) is 0 Å². The van der Waals surface area contributed by atoms with E-state index in [1.165, 1.54) is 0 Å². The van der Waals surface area contributed by atoms with E-state index in [4.69, 9.17) is 0 Å². The van der Waals surface area contributed by atoms with Crippen molar-refractivity contribution in [2.24, 2.45) is 0 Å². The first kappa shape index (κ1) is 17.2. The minimum absolute atomic E-state index is 0.146. The topological polar surface area (TPSA) is 67.2 Å². The van der Waals surface area contributed by atoms with E-state index in [9.17, 15) is 9.59 Å². The molecule has 1 aliphatic heterocycles. The number of aromatic nitrogens is 2. The fourth-order valence-electron chi connectivity index (χ4n) is 3.01. The van der Waals surface area contributed by atoms with Gasteiger partial charge < -0.3 is 10.2 Å². The molecule has 0 radical (unpaired) electrons. The summed E-state index contributed by atoms with van der Waals surface area (Å²) in [6, 6.07) is 7.19. The Hall–Kier alpha value is -2.63. The van der Waals surface area contributed by atoms with Gasteiger partial charge in [-0.05, 0) is 44.0 Å². The van der Waals surface area contributed by atoms with Crippen molar-refractivity contribution in [2.75, 3.05) is 16.8 Å². The number of carbonyl (C=O) groups is 2. The Morgan fingerprint density at radius 2 is 2.04 bits per heavy atom. The smallest absolute Gasteiger partial charge is 0.256 e. The first-order chi connectivity index (χ1) is 12.1. The van der Waals surface area contributed by atoms with Crippen LogP contribution in [0.25, 0.3) is 0 Å². The van der Waals surface area contributed by atoms with Crippen LogP contribution in [0.5, 0.6) is 0 Å². The minimum Gasteiger partial charge on any atom is -0.312 e. The highest BCUT2D eigenvalue weighted by Gasteiger charge is 2.21. The van der Waals surface area contributed by atoms with Crippen molar-refractivity contribution in [3.05, 3.63) is 41.6 Å². The van der Waals surface area contributed by atoms with Crippen molar-refractivity contribution >= 4 is 23.3 Å². The Morgan fingerprint density at radius 3 is 2.68 bits per heavy atom. The van der Waals surface area contributed by atoms with Crippen molar-refractivity contribution in [3.63, 3.8) is 0 Å². The van der Waals surface area contributed by atoms with Gasteiger partial charge in [0.25, 0.3) is 5.91 Å². The van der Waals surface area contributed by atoms with Gasteiger partial charge in [0.05, 0.1) is 6.20 Å². The average molecular weight is 340 g/mol. The molecule has 6 nitrogen and oxygen atoms in total. The van der Waals surface area contributed by atoms with Crippen molar-refractivity contribution < 1.29 is 9.59 Å². The molecule has 1 saturated heterocycles. The van der Waals surface area contributed by atoms with Crippen molar-refractivity contribution in [2.45, 2.75) is 46.1 Å². The molecule has 25 heavy (non-hydrogen) atoms. The van der Waals surface area contributed by atoms with E-state index >= 15 is 0 Å². The average Bonchev–Trinajstić information content (AvgIpc) is 3.20. The van der Waals surface area contributed by atoms with E-state index in [2.05, 4.69) is 17.3 Å². The number of unbranched alkanes of at least 4 members (excludes halogenated alkanes) is 1. The van der Waals surface area contributed by atoms with E-state index in [0.29, 0.717) is 12.0 Å². The molecule has 0 atom stereocenters. The van der Waals surface area contributed by atoms with Crippen molar-refractivity contribution in [1.29, 1.82) is 0 Å². The fourth-order valence-corrected chi connectivity index (χ4v) is 3.01. The quantitative estimate of drug-likeness (QED) is 0.877. The van der Waals surface area contributed by atoms with E-state index in [1.54, 1.807) is 23.2 Å². The molecule has 1 N–H and O–H groups in total.